The van der Waals surface area contributed by atoms with Gasteiger partial charge in [-0.1, -0.05) is 11.6 Å². The van der Waals surface area contributed by atoms with E-state index in [9.17, 15) is 9.59 Å². The molecule has 4 atom stereocenters. The van der Waals surface area contributed by atoms with Crippen LogP contribution in [0.4, 0.5) is 5.82 Å². The number of nitrogens with one attached hydrogen (secondary N) is 2. The Labute approximate surface area is 198 Å². The predicted molar refractivity (Wildman–Crippen MR) is 127 cm³/mol. The van der Waals surface area contributed by atoms with E-state index in [1.807, 2.05) is 12.1 Å². The van der Waals surface area contributed by atoms with Crippen molar-refractivity contribution in [3.8, 4) is 5.75 Å². The summed E-state index contributed by atoms with van der Waals surface area (Å²) < 4.78 is 5.77. The normalized spacial score (nSPS) is 24.8. The molecule has 2 N–H and O–H groups in total. The molecule has 2 amide bonds. The van der Waals surface area contributed by atoms with Crippen LogP contribution >= 0.6 is 11.6 Å². The highest BCUT2D eigenvalue weighted by Gasteiger charge is 2.42. The Hall–Kier alpha value is -2.80. The molecule has 3 aliphatic rings. The molecule has 5 rings (SSSR count). The maximum atomic E-state index is 12.7. The van der Waals surface area contributed by atoms with Crippen LogP contribution in [0, 0.1) is 0 Å². The van der Waals surface area contributed by atoms with Crippen LogP contribution in [0.2, 0.25) is 5.02 Å². The number of amides is 2. The van der Waals surface area contributed by atoms with Crippen LogP contribution in [-0.4, -0.2) is 47.1 Å². The molecule has 33 heavy (non-hydrogen) atoms. The van der Waals surface area contributed by atoms with E-state index >= 15 is 0 Å². The first-order chi connectivity index (χ1) is 16.0. The number of anilines is 1. The third-order valence-corrected chi connectivity index (χ3v) is 7.01. The number of hydrogen-bond donors (Lipinski definition) is 2. The second-order valence-electron chi connectivity index (χ2n) is 9.34. The van der Waals surface area contributed by atoms with Gasteiger partial charge in [0, 0.05) is 35.4 Å². The monoisotopic (exact) mass is 468 g/mol. The summed E-state index contributed by atoms with van der Waals surface area (Å²) in [6.07, 6.45) is 7.15. The summed E-state index contributed by atoms with van der Waals surface area (Å²) >= 11 is 5.91. The lowest BCUT2D eigenvalue weighted by molar-refractivity contribution is -0.128. The molecule has 174 valence electrons. The SMILES string of the molecule is CC(Oc1ccc(Cl)cc1)C(=O)N[C@H]1C[C@H]2CC[C@@H](C1)N2c1ccc(C(=O)NC2CC2)cn1. The van der Waals surface area contributed by atoms with Crippen molar-refractivity contribution in [1.29, 1.82) is 0 Å². The van der Waals surface area contributed by atoms with Crippen molar-refractivity contribution in [3.63, 3.8) is 0 Å². The zero-order valence-electron chi connectivity index (χ0n) is 18.7. The number of carbonyl (C=O) groups excluding carboxylic acids is 2. The molecule has 8 heteroatoms. The van der Waals surface area contributed by atoms with Gasteiger partial charge in [-0.3, -0.25) is 9.59 Å². The van der Waals surface area contributed by atoms with Gasteiger partial charge in [-0.2, -0.15) is 0 Å². The van der Waals surface area contributed by atoms with Crippen molar-refractivity contribution in [2.24, 2.45) is 0 Å². The largest absolute Gasteiger partial charge is 0.481 e. The first-order valence-corrected chi connectivity index (χ1v) is 12.1. The van der Waals surface area contributed by atoms with E-state index in [0.717, 1.165) is 44.3 Å². The maximum absolute atomic E-state index is 12.7. The number of rotatable bonds is 7. The number of carbonyl (C=O) groups is 2. The molecule has 1 aromatic heterocycles. The maximum Gasteiger partial charge on any atom is 0.260 e. The fourth-order valence-corrected chi connectivity index (χ4v) is 5.05. The Morgan fingerprint density at radius 1 is 1.00 bits per heavy atom. The van der Waals surface area contributed by atoms with Crippen LogP contribution in [0.5, 0.6) is 5.75 Å². The quantitative estimate of drug-likeness (QED) is 0.647. The zero-order chi connectivity index (χ0) is 22.9. The van der Waals surface area contributed by atoms with Gasteiger partial charge in [0.2, 0.25) is 0 Å². The second-order valence-corrected chi connectivity index (χ2v) is 9.77. The molecule has 3 heterocycles. The number of fused-ring (bicyclic) bond motifs is 2. The van der Waals surface area contributed by atoms with Crippen molar-refractivity contribution in [2.45, 2.75) is 75.7 Å². The fraction of sp³-hybridized carbons (Fsp3) is 0.480. The fourth-order valence-electron chi connectivity index (χ4n) is 4.93. The number of nitrogens with zero attached hydrogens (tertiary/aromatic N) is 2. The van der Waals surface area contributed by atoms with Gasteiger partial charge in [-0.15, -0.1) is 0 Å². The van der Waals surface area contributed by atoms with Gasteiger partial charge in [0.15, 0.2) is 6.10 Å². The minimum atomic E-state index is -0.585. The third-order valence-electron chi connectivity index (χ3n) is 6.76. The van der Waals surface area contributed by atoms with Crippen molar-refractivity contribution in [1.82, 2.24) is 15.6 Å². The molecular weight excluding hydrogens is 440 g/mol. The molecule has 2 bridgehead atoms. The first-order valence-electron chi connectivity index (χ1n) is 11.7. The molecule has 1 aromatic carbocycles. The van der Waals surface area contributed by atoms with Gasteiger partial charge in [-0.05, 0) is 81.8 Å². The lowest BCUT2D eigenvalue weighted by Crippen LogP contribution is -2.52. The molecule has 0 radical (unpaired) electrons. The summed E-state index contributed by atoms with van der Waals surface area (Å²) in [5.41, 5.74) is 0.606. The Balaban J connectivity index is 1.16. The van der Waals surface area contributed by atoms with E-state index in [4.69, 9.17) is 16.3 Å². The molecule has 1 saturated carbocycles. The van der Waals surface area contributed by atoms with Crippen molar-refractivity contribution >= 4 is 29.2 Å². The van der Waals surface area contributed by atoms with E-state index < -0.39 is 6.10 Å². The summed E-state index contributed by atoms with van der Waals surface area (Å²) in [6.45, 7) is 1.76. The summed E-state index contributed by atoms with van der Waals surface area (Å²) in [5.74, 6) is 1.38. The number of hydrogen-bond acceptors (Lipinski definition) is 5. The Morgan fingerprint density at radius 3 is 2.30 bits per heavy atom. The summed E-state index contributed by atoms with van der Waals surface area (Å²) in [6, 6.07) is 12.0. The topological polar surface area (TPSA) is 83.6 Å². The first kappa shape index (κ1) is 22.0. The predicted octanol–water partition coefficient (Wildman–Crippen LogP) is 3.71. The smallest absolute Gasteiger partial charge is 0.260 e. The number of halogens is 1. The van der Waals surface area contributed by atoms with Gasteiger partial charge in [0.1, 0.15) is 11.6 Å². The lowest BCUT2D eigenvalue weighted by atomic mass is 9.97. The van der Waals surface area contributed by atoms with Gasteiger partial charge in [0.05, 0.1) is 5.56 Å². The number of piperidine rings is 1. The highest BCUT2D eigenvalue weighted by Crippen LogP contribution is 2.38. The molecule has 0 spiro atoms. The molecule has 2 aliphatic heterocycles. The van der Waals surface area contributed by atoms with Crippen LogP contribution in [0.25, 0.3) is 0 Å². The van der Waals surface area contributed by atoms with E-state index in [2.05, 4.69) is 20.5 Å². The molecule has 2 aromatic rings. The highest BCUT2D eigenvalue weighted by atomic mass is 35.5. The molecule has 1 aliphatic carbocycles. The van der Waals surface area contributed by atoms with Gasteiger partial charge < -0.3 is 20.3 Å². The van der Waals surface area contributed by atoms with Crippen molar-refractivity contribution in [3.05, 3.63) is 53.2 Å². The Morgan fingerprint density at radius 2 is 1.70 bits per heavy atom. The second kappa shape index (κ2) is 9.21. The zero-order valence-corrected chi connectivity index (χ0v) is 19.4. The van der Waals surface area contributed by atoms with E-state index in [0.29, 0.717) is 34.5 Å². The van der Waals surface area contributed by atoms with Crippen LogP contribution in [0.3, 0.4) is 0 Å². The van der Waals surface area contributed by atoms with E-state index in [-0.39, 0.29) is 17.9 Å². The van der Waals surface area contributed by atoms with Crippen LogP contribution in [0.15, 0.2) is 42.6 Å². The number of aromatic nitrogens is 1. The lowest BCUT2D eigenvalue weighted by Gasteiger charge is -2.40. The van der Waals surface area contributed by atoms with Gasteiger partial charge in [0.25, 0.3) is 11.8 Å². The van der Waals surface area contributed by atoms with Crippen molar-refractivity contribution < 1.29 is 14.3 Å². The van der Waals surface area contributed by atoms with Crippen LogP contribution in [0.1, 0.15) is 55.8 Å². The molecule has 7 nitrogen and oxygen atoms in total. The minimum Gasteiger partial charge on any atom is -0.481 e. The van der Waals surface area contributed by atoms with Gasteiger partial charge >= 0.3 is 0 Å². The van der Waals surface area contributed by atoms with Crippen LogP contribution < -0.4 is 20.3 Å². The average molecular weight is 469 g/mol. The number of ether oxygens (including phenoxy) is 1. The average Bonchev–Trinajstić information content (AvgIpc) is 3.58. The number of pyridine rings is 1. The summed E-state index contributed by atoms with van der Waals surface area (Å²) in [4.78, 5) is 31.9. The van der Waals surface area contributed by atoms with E-state index in [1.54, 1.807) is 37.4 Å². The van der Waals surface area contributed by atoms with Crippen LogP contribution in [-0.2, 0) is 4.79 Å². The standard InChI is InChI=1S/C25H29ClN4O3/c1-15(33-22-9-3-17(26)4-10-22)24(31)29-19-12-20-7-8-21(13-19)30(20)23-11-2-16(14-27-23)25(32)28-18-5-6-18/h2-4,9-11,14-15,18-21H,5-8,12-13H2,1H3,(H,28,32)(H,29,31)/t15?,19-,20+,21-. The molecule has 3 fully saturated rings. The molecule has 2 saturated heterocycles. The minimum absolute atomic E-state index is 0.0455. The van der Waals surface area contributed by atoms with Gasteiger partial charge in [-0.25, -0.2) is 4.98 Å². The summed E-state index contributed by atoms with van der Waals surface area (Å²) in [5, 5.41) is 6.81. The third kappa shape index (κ3) is 5.08. The molecule has 1 unspecified atom stereocenters. The highest BCUT2D eigenvalue weighted by molar-refractivity contribution is 6.30. The Kier molecular flexibility index (Phi) is 6.15. The molecular formula is C25H29ClN4O3. The number of benzene rings is 1. The van der Waals surface area contributed by atoms with Crippen molar-refractivity contribution in [2.75, 3.05) is 4.90 Å². The van der Waals surface area contributed by atoms with E-state index in [1.165, 1.54) is 0 Å². The Bertz CT molecular complexity index is 995. The summed E-state index contributed by atoms with van der Waals surface area (Å²) in [7, 11) is 0.